The molecule has 4 fully saturated rings. The summed E-state index contributed by atoms with van der Waals surface area (Å²) in [5.74, 6) is 3.29. The third-order valence-corrected chi connectivity index (χ3v) is 11.2. The van der Waals surface area contributed by atoms with Gasteiger partial charge in [-0.3, -0.25) is 9.35 Å². The first-order chi connectivity index (χ1) is 15.0. The maximum absolute atomic E-state index is 12.0. The number of carbonyl (C=O) groups excluding carboxylic acids is 1. The van der Waals surface area contributed by atoms with Crippen LogP contribution >= 0.6 is 0 Å². The van der Waals surface area contributed by atoms with Crippen molar-refractivity contribution >= 4 is 16.0 Å². The number of aliphatic hydroxyl groups excluding tert-OH is 1. The third kappa shape index (κ3) is 4.76. The van der Waals surface area contributed by atoms with Gasteiger partial charge >= 0.3 is 0 Å². The first-order valence-electron chi connectivity index (χ1n) is 12.9. The van der Waals surface area contributed by atoms with Crippen LogP contribution < -0.4 is 5.32 Å². The normalized spacial score (nSPS) is 43.8. The molecule has 184 valence electrons. The molecule has 0 radical (unpaired) electrons. The summed E-state index contributed by atoms with van der Waals surface area (Å²) in [7, 11) is -4.03. The number of rotatable bonds is 7. The van der Waals surface area contributed by atoms with Crippen molar-refractivity contribution in [2.24, 2.45) is 40.4 Å². The lowest BCUT2D eigenvalue weighted by Crippen LogP contribution is -2.53. The predicted molar refractivity (Wildman–Crippen MR) is 125 cm³/mol. The van der Waals surface area contributed by atoms with Crippen LogP contribution in [0.4, 0.5) is 0 Å². The largest absolute Gasteiger partial charge is 0.393 e. The monoisotopic (exact) mass is 469 g/mol. The molecule has 4 aliphatic rings. The van der Waals surface area contributed by atoms with Crippen molar-refractivity contribution in [2.75, 3.05) is 12.3 Å². The van der Waals surface area contributed by atoms with E-state index in [4.69, 9.17) is 4.55 Å². The number of nitrogens with one attached hydrogen (secondary N) is 1. The van der Waals surface area contributed by atoms with Crippen LogP contribution in [0, 0.1) is 40.4 Å². The number of aliphatic hydroxyl groups is 1. The van der Waals surface area contributed by atoms with Crippen molar-refractivity contribution in [3.8, 4) is 0 Å². The van der Waals surface area contributed by atoms with Crippen molar-refractivity contribution in [3.63, 3.8) is 0 Å². The van der Waals surface area contributed by atoms with E-state index in [1.807, 2.05) is 0 Å². The predicted octanol–water partition coefficient (Wildman–Crippen LogP) is 4.18. The van der Waals surface area contributed by atoms with Crippen LogP contribution in [-0.4, -0.2) is 42.4 Å². The van der Waals surface area contributed by atoms with Crippen LogP contribution in [0.15, 0.2) is 0 Å². The van der Waals surface area contributed by atoms with E-state index in [9.17, 15) is 18.3 Å². The van der Waals surface area contributed by atoms with Crippen molar-refractivity contribution in [1.29, 1.82) is 0 Å². The Balaban J connectivity index is 1.31. The maximum Gasteiger partial charge on any atom is 0.266 e. The fourth-order valence-corrected chi connectivity index (χ4v) is 9.10. The summed E-state index contributed by atoms with van der Waals surface area (Å²) < 4.78 is 30.3. The summed E-state index contributed by atoms with van der Waals surface area (Å²) in [4.78, 5) is 12.0. The summed E-state index contributed by atoms with van der Waals surface area (Å²) in [5, 5.41) is 12.8. The summed E-state index contributed by atoms with van der Waals surface area (Å²) in [6, 6.07) is 0. The average molecular weight is 470 g/mol. The van der Waals surface area contributed by atoms with E-state index in [-0.39, 0.29) is 18.6 Å². The molecule has 4 rings (SSSR count). The van der Waals surface area contributed by atoms with E-state index in [0.29, 0.717) is 29.1 Å². The Morgan fingerprint density at radius 3 is 2.47 bits per heavy atom. The van der Waals surface area contributed by atoms with Gasteiger partial charge in [0.1, 0.15) is 0 Å². The van der Waals surface area contributed by atoms with Crippen LogP contribution in [-0.2, 0) is 14.9 Å². The highest BCUT2D eigenvalue weighted by Gasteiger charge is 2.59. The maximum atomic E-state index is 12.0. The summed E-state index contributed by atoms with van der Waals surface area (Å²) in [6.07, 6.45) is 13.3. The van der Waals surface area contributed by atoms with Crippen LogP contribution in [0.1, 0.15) is 90.9 Å². The van der Waals surface area contributed by atoms with Gasteiger partial charge in [-0.05, 0) is 111 Å². The van der Waals surface area contributed by atoms with Gasteiger partial charge in [-0.15, -0.1) is 0 Å². The van der Waals surface area contributed by atoms with E-state index in [2.05, 4.69) is 19.2 Å². The quantitative estimate of drug-likeness (QED) is 0.485. The summed E-state index contributed by atoms with van der Waals surface area (Å²) >= 11 is 0. The Kier molecular flexibility index (Phi) is 7.02. The molecule has 4 aliphatic carbocycles. The van der Waals surface area contributed by atoms with Gasteiger partial charge in [0.25, 0.3) is 10.1 Å². The van der Waals surface area contributed by atoms with Gasteiger partial charge in [0.2, 0.25) is 5.91 Å². The molecular formula is C25H43NO5S. The van der Waals surface area contributed by atoms with E-state index in [1.165, 1.54) is 44.9 Å². The topological polar surface area (TPSA) is 104 Å². The van der Waals surface area contributed by atoms with Crippen LogP contribution in [0.25, 0.3) is 0 Å². The summed E-state index contributed by atoms with van der Waals surface area (Å²) in [5.41, 5.74) is 0.807. The zero-order valence-electron chi connectivity index (χ0n) is 19.9. The zero-order valence-corrected chi connectivity index (χ0v) is 20.7. The Morgan fingerprint density at radius 2 is 1.72 bits per heavy atom. The number of fused-ring (bicyclic) bond motifs is 5. The van der Waals surface area contributed by atoms with Crippen LogP contribution in [0.2, 0.25) is 0 Å². The molecule has 3 N–H and O–H groups in total. The molecule has 0 aromatic heterocycles. The second-order valence-corrected chi connectivity index (χ2v) is 13.5. The molecule has 3 unspecified atom stereocenters. The highest BCUT2D eigenvalue weighted by Crippen LogP contribution is 2.67. The molecule has 0 bridgehead atoms. The van der Waals surface area contributed by atoms with Crippen LogP contribution in [0.5, 0.6) is 0 Å². The molecule has 0 aromatic carbocycles. The Bertz CT molecular complexity index is 800. The van der Waals surface area contributed by atoms with Crippen LogP contribution in [0.3, 0.4) is 0 Å². The minimum atomic E-state index is -4.03. The van der Waals surface area contributed by atoms with Crippen molar-refractivity contribution in [3.05, 3.63) is 0 Å². The molecule has 0 heterocycles. The summed E-state index contributed by atoms with van der Waals surface area (Å²) in [6.45, 7) is 5.04. The lowest BCUT2D eigenvalue weighted by molar-refractivity contribution is -0.127. The molecule has 7 heteroatoms. The fraction of sp³-hybridized carbons (Fsp3) is 0.960. The molecule has 0 spiro atoms. The molecule has 6 nitrogen and oxygen atoms in total. The Hall–Kier alpha value is -0.660. The van der Waals surface area contributed by atoms with Gasteiger partial charge in [0, 0.05) is 13.0 Å². The molecule has 32 heavy (non-hydrogen) atoms. The first-order valence-corrected chi connectivity index (χ1v) is 14.5. The van der Waals surface area contributed by atoms with E-state index in [0.717, 1.165) is 43.4 Å². The Labute approximate surface area is 194 Å². The standard InChI is InChI=1S/C25H43NO5S/c1-24-13-11-22-20(8-6-18-16-19(27)10-12-25(18,22)2)21(24)9-7-17(24)4-3-5-23(28)26-14-15-32(29,30)31/h17-22,27H,3-16H2,1-2H3,(H,26,28)(H,29,30,31)/t17?,18-,19-,20+,21?,22?,24-,25+/m1/s1. The molecule has 8 atom stereocenters. The van der Waals surface area contributed by atoms with E-state index < -0.39 is 15.9 Å². The smallest absolute Gasteiger partial charge is 0.266 e. The molecule has 0 aromatic rings. The van der Waals surface area contributed by atoms with Crippen molar-refractivity contribution in [2.45, 2.75) is 97.0 Å². The average Bonchev–Trinajstić information content (AvgIpc) is 3.04. The van der Waals surface area contributed by atoms with Gasteiger partial charge in [-0.25, -0.2) is 0 Å². The number of hydrogen-bond acceptors (Lipinski definition) is 4. The van der Waals surface area contributed by atoms with Gasteiger partial charge in [0.15, 0.2) is 0 Å². The molecule has 4 saturated carbocycles. The zero-order chi connectivity index (χ0) is 23.1. The molecule has 0 aliphatic heterocycles. The SMILES string of the molecule is C[C@]12CCC3[C@@H](CC[C@@H]4C[C@H](O)CC[C@]34C)C1CCC2CCCC(=O)NCCS(=O)(=O)O. The van der Waals surface area contributed by atoms with Gasteiger partial charge in [0.05, 0.1) is 11.9 Å². The molecular weight excluding hydrogens is 426 g/mol. The highest BCUT2D eigenvalue weighted by atomic mass is 32.2. The third-order valence-electron chi connectivity index (χ3n) is 10.5. The minimum absolute atomic E-state index is 0.0270. The van der Waals surface area contributed by atoms with E-state index >= 15 is 0 Å². The second kappa shape index (κ2) is 9.18. The molecule has 0 saturated heterocycles. The van der Waals surface area contributed by atoms with Crippen molar-refractivity contribution < 1.29 is 22.9 Å². The first kappa shape index (κ1) is 24.5. The van der Waals surface area contributed by atoms with Gasteiger partial charge in [-0.1, -0.05) is 13.8 Å². The van der Waals surface area contributed by atoms with Gasteiger partial charge < -0.3 is 10.4 Å². The molecule has 1 amide bonds. The Morgan fingerprint density at radius 1 is 1.00 bits per heavy atom. The van der Waals surface area contributed by atoms with E-state index in [1.54, 1.807) is 0 Å². The minimum Gasteiger partial charge on any atom is -0.393 e. The second-order valence-electron chi connectivity index (χ2n) is 11.9. The van der Waals surface area contributed by atoms with Gasteiger partial charge in [-0.2, -0.15) is 8.42 Å². The highest BCUT2D eigenvalue weighted by molar-refractivity contribution is 7.85. The lowest BCUT2D eigenvalue weighted by Gasteiger charge is -2.61. The fourth-order valence-electron chi connectivity index (χ4n) is 8.74. The van der Waals surface area contributed by atoms with Crippen molar-refractivity contribution in [1.82, 2.24) is 5.32 Å². The number of hydrogen-bond donors (Lipinski definition) is 3. The number of carbonyl (C=O) groups is 1. The lowest BCUT2D eigenvalue weighted by atomic mass is 9.44. The number of amides is 1.